The summed E-state index contributed by atoms with van der Waals surface area (Å²) >= 11 is 0. The highest BCUT2D eigenvalue weighted by Crippen LogP contribution is 2.59. The van der Waals surface area contributed by atoms with Crippen LogP contribution in [0.4, 0.5) is 4.79 Å². The van der Waals surface area contributed by atoms with Gasteiger partial charge in [-0.3, -0.25) is 0 Å². The Morgan fingerprint density at radius 2 is 1.85 bits per heavy atom. The Bertz CT molecular complexity index is 386. The largest absolute Gasteiger partial charge is 0.444 e. The number of carbonyl (C=O) groups is 1. The van der Waals surface area contributed by atoms with E-state index in [1.165, 1.54) is 32.1 Å². The SMILES string of the molecule is CC(C)(C)OC(=O)N[C@H]1[C@@H]2CC3C[C@H]1C[C@@](CN)(C3)C2. The predicted octanol–water partition coefficient (Wildman–Crippen LogP) is 2.66. The van der Waals surface area contributed by atoms with Crippen LogP contribution in [0.2, 0.25) is 0 Å². The molecule has 4 saturated carbocycles. The molecule has 0 spiro atoms. The molecule has 0 aromatic heterocycles. The quantitative estimate of drug-likeness (QED) is 0.817. The highest BCUT2D eigenvalue weighted by molar-refractivity contribution is 5.68. The normalized spacial score (nSPS) is 42.6. The third-order valence-corrected chi connectivity index (χ3v) is 5.52. The van der Waals surface area contributed by atoms with Crippen molar-refractivity contribution in [1.82, 2.24) is 5.32 Å². The maximum absolute atomic E-state index is 12.0. The van der Waals surface area contributed by atoms with Crippen molar-refractivity contribution in [1.29, 1.82) is 0 Å². The Morgan fingerprint density at radius 1 is 1.25 bits per heavy atom. The molecule has 0 aromatic rings. The summed E-state index contributed by atoms with van der Waals surface area (Å²) in [5.41, 5.74) is 6.00. The molecule has 4 aliphatic carbocycles. The van der Waals surface area contributed by atoms with Gasteiger partial charge in [0.2, 0.25) is 0 Å². The smallest absolute Gasteiger partial charge is 0.407 e. The van der Waals surface area contributed by atoms with E-state index in [9.17, 15) is 4.79 Å². The predicted molar refractivity (Wildman–Crippen MR) is 78.2 cm³/mol. The van der Waals surface area contributed by atoms with Gasteiger partial charge in [-0.1, -0.05) is 0 Å². The van der Waals surface area contributed by atoms with Gasteiger partial charge in [0.15, 0.2) is 0 Å². The van der Waals surface area contributed by atoms with Gasteiger partial charge in [-0.2, -0.15) is 0 Å². The highest BCUT2D eigenvalue weighted by atomic mass is 16.6. The molecule has 0 aliphatic heterocycles. The highest BCUT2D eigenvalue weighted by Gasteiger charge is 2.55. The maximum Gasteiger partial charge on any atom is 0.407 e. The fourth-order valence-corrected chi connectivity index (χ4v) is 5.12. The molecule has 20 heavy (non-hydrogen) atoms. The molecule has 4 fully saturated rings. The zero-order valence-electron chi connectivity index (χ0n) is 12.9. The summed E-state index contributed by atoms with van der Waals surface area (Å²) < 4.78 is 5.42. The topological polar surface area (TPSA) is 64.3 Å². The molecule has 3 N–H and O–H groups in total. The molecule has 1 amide bonds. The molecule has 4 rings (SSSR count). The van der Waals surface area contributed by atoms with E-state index in [1.807, 2.05) is 20.8 Å². The minimum absolute atomic E-state index is 0.253. The molecule has 1 unspecified atom stereocenters. The molecule has 4 nitrogen and oxygen atoms in total. The van der Waals surface area contributed by atoms with Crippen molar-refractivity contribution < 1.29 is 9.53 Å². The van der Waals surface area contributed by atoms with E-state index in [-0.39, 0.29) is 6.09 Å². The van der Waals surface area contributed by atoms with Crippen LogP contribution in [0.15, 0.2) is 0 Å². The summed E-state index contributed by atoms with van der Waals surface area (Å²) in [7, 11) is 0. The second-order valence-corrected chi connectivity index (χ2v) is 8.35. The third kappa shape index (κ3) is 2.54. The van der Waals surface area contributed by atoms with E-state index in [0.717, 1.165) is 12.5 Å². The first kappa shape index (κ1) is 14.2. The number of nitrogens with two attached hydrogens (primary N) is 1. The molecule has 114 valence electrons. The number of hydrogen-bond donors (Lipinski definition) is 2. The summed E-state index contributed by atoms with van der Waals surface area (Å²) in [6.45, 7) is 6.54. The number of carbonyl (C=O) groups excluding carboxylic acids is 1. The van der Waals surface area contributed by atoms with Crippen LogP contribution in [0.5, 0.6) is 0 Å². The Labute approximate surface area is 121 Å². The average molecular weight is 280 g/mol. The molecular formula is C16H28N2O2. The van der Waals surface area contributed by atoms with Gasteiger partial charge >= 0.3 is 6.09 Å². The molecule has 4 aliphatic rings. The molecule has 0 saturated heterocycles. The van der Waals surface area contributed by atoms with Crippen LogP contribution in [0.1, 0.15) is 52.9 Å². The number of nitrogens with one attached hydrogen (secondary N) is 1. The summed E-state index contributed by atoms with van der Waals surface area (Å²) in [6.07, 6.45) is 5.97. The minimum Gasteiger partial charge on any atom is -0.444 e. The maximum atomic E-state index is 12.0. The Kier molecular flexibility index (Phi) is 3.27. The lowest BCUT2D eigenvalue weighted by molar-refractivity contribution is -0.0722. The van der Waals surface area contributed by atoms with Gasteiger partial charge in [0.25, 0.3) is 0 Å². The van der Waals surface area contributed by atoms with Crippen LogP contribution in [-0.2, 0) is 4.74 Å². The van der Waals surface area contributed by atoms with Gasteiger partial charge < -0.3 is 15.8 Å². The van der Waals surface area contributed by atoms with E-state index >= 15 is 0 Å². The van der Waals surface area contributed by atoms with Crippen LogP contribution in [0.25, 0.3) is 0 Å². The molecule has 0 aromatic carbocycles. The lowest BCUT2D eigenvalue weighted by Crippen LogP contribution is -2.61. The lowest BCUT2D eigenvalue weighted by Gasteiger charge is -2.59. The van der Waals surface area contributed by atoms with Gasteiger partial charge in [-0.05, 0) is 82.6 Å². The van der Waals surface area contributed by atoms with Gasteiger partial charge in [0.1, 0.15) is 5.60 Å². The summed E-state index contributed by atoms with van der Waals surface area (Å²) in [6, 6.07) is 0.307. The molecule has 0 radical (unpaired) electrons. The Morgan fingerprint density at radius 3 is 2.35 bits per heavy atom. The molecule has 5 atom stereocenters. The van der Waals surface area contributed by atoms with Crippen molar-refractivity contribution in [3.05, 3.63) is 0 Å². The average Bonchev–Trinajstić information content (AvgIpc) is 2.31. The van der Waals surface area contributed by atoms with Crippen LogP contribution >= 0.6 is 0 Å². The van der Waals surface area contributed by atoms with Gasteiger partial charge in [0, 0.05) is 6.04 Å². The van der Waals surface area contributed by atoms with Gasteiger partial charge in [-0.15, -0.1) is 0 Å². The molecule has 4 bridgehead atoms. The van der Waals surface area contributed by atoms with Crippen LogP contribution < -0.4 is 11.1 Å². The van der Waals surface area contributed by atoms with E-state index in [4.69, 9.17) is 10.5 Å². The van der Waals surface area contributed by atoms with Crippen molar-refractivity contribution in [2.45, 2.75) is 64.5 Å². The lowest BCUT2D eigenvalue weighted by atomic mass is 9.48. The van der Waals surface area contributed by atoms with E-state index < -0.39 is 5.60 Å². The molecule has 4 heteroatoms. The number of hydrogen-bond acceptors (Lipinski definition) is 3. The van der Waals surface area contributed by atoms with Crippen molar-refractivity contribution in [2.24, 2.45) is 28.9 Å². The van der Waals surface area contributed by atoms with Gasteiger partial charge in [0.05, 0.1) is 0 Å². The first-order chi connectivity index (χ1) is 9.30. The zero-order chi connectivity index (χ0) is 14.5. The van der Waals surface area contributed by atoms with Crippen molar-refractivity contribution >= 4 is 6.09 Å². The van der Waals surface area contributed by atoms with Gasteiger partial charge in [-0.25, -0.2) is 4.79 Å². The van der Waals surface area contributed by atoms with Crippen molar-refractivity contribution in [3.8, 4) is 0 Å². The summed E-state index contributed by atoms with van der Waals surface area (Å²) in [4.78, 5) is 12.0. The van der Waals surface area contributed by atoms with E-state index in [2.05, 4.69) is 5.32 Å². The number of alkyl carbamates (subject to hydrolysis) is 1. The fourth-order valence-electron chi connectivity index (χ4n) is 5.12. The Balaban J connectivity index is 1.67. The van der Waals surface area contributed by atoms with Crippen molar-refractivity contribution in [3.63, 3.8) is 0 Å². The number of ether oxygens (including phenoxy) is 1. The third-order valence-electron chi connectivity index (χ3n) is 5.52. The van der Waals surface area contributed by atoms with Crippen LogP contribution in [0.3, 0.4) is 0 Å². The summed E-state index contributed by atoms with van der Waals surface area (Å²) in [5.74, 6) is 2.06. The monoisotopic (exact) mass is 280 g/mol. The van der Waals surface area contributed by atoms with Crippen LogP contribution in [0, 0.1) is 23.2 Å². The Hall–Kier alpha value is -0.770. The minimum atomic E-state index is -0.422. The first-order valence-corrected chi connectivity index (χ1v) is 8.00. The molecular weight excluding hydrogens is 252 g/mol. The van der Waals surface area contributed by atoms with E-state index in [1.54, 1.807) is 0 Å². The number of amides is 1. The fraction of sp³-hybridized carbons (Fsp3) is 0.938. The van der Waals surface area contributed by atoms with E-state index in [0.29, 0.717) is 23.3 Å². The van der Waals surface area contributed by atoms with Crippen molar-refractivity contribution in [2.75, 3.05) is 6.54 Å². The number of rotatable bonds is 2. The molecule has 0 heterocycles. The first-order valence-electron chi connectivity index (χ1n) is 8.00. The summed E-state index contributed by atoms with van der Waals surface area (Å²) in [5, 5.41) is 3.16. The van der Waals surface area contributed by atoms with Crippen LogP contribution in [-0.4, -0.2) is 24.3 Å². The zero-order valence-corrected chi connectivity index (χ0v) is 12.9. The second kappa shape index (κ2) is 4.62. The second-order valence-electron chi connectivity index (χ2n) is 8.35. The standard InChI is InChI=1S/C16H28N2O2/c1-15(2,3)20-14(19)18-13-11-4-10-5-12(13)8-16(6-10,7-11)9-17/h10-13H,4-9,17H2,1-3H3,(H,18,19)/t10?,11-,12+,13+,16-.